The lowest BCUT2D eigenvalue weighted by Crippen LogP contribution is -2.60. The summed E-state index contributed by atoms with van der Waals surface area (Å²) in [6, 6.07) is 0.780. The van der Waals surface area contributed by atoms with Crippen molar-refractivity contribution in [3.63, 3.8) is 0 Å². The van der Waals surface area contributed by atoms with Crippen LogP contribution in [0.15, 0.2) is 23.0 Å². The smallest absolute Gasteiger partial charge is 0.255 e. The summed E-state index contributed by atoms with van der Waals surface area (Å²) in [7, 11) is 0. The number of hydrogen-bond donors (Lipinski definition) is 2. The molecule has 7 nitrogen and oxygen atoms in total. The molecule has 132 valence electrons. The number of furan rings is 1. The zero-order valence-electron chi connectivity index (χ0n) is 14.4. The van der Waals surface area contributed by atoms with Crippen LogP contribution in [0.3, 0.4) is 0 Å². The minimum Gasteiger partial charge on any atom is -0.472 e. The lowest BCUT2D eigenvalue weighted by Gasteiger charge is -2.30. The standard InChI is InChI=1S/C17H24N2O5/c1-10(2)7-13(18-15(21)12-5-6-23-8-12)16(22)19-17(4)11(3)24-9-14(17)20/h5-6,8,10-11,13H,7,9H2,1-4H3,(H,18,21)(H,19,22)/t11-,13?,17-/m1/s1. The molecular weight excluding hydrogens is 312 g/mol. The van der Waals surface area contributed by atoms with Gasteiger partial charge in [-0.1, -0.05) is 13.8 Å². The monoisotopic (exact) mass is 336 g/mol. The van der Waals surface area contributed by atoms with E-state index in [1.54, 1.807) is 13.8 Å². The maximum Gasteiger partial charge on any atom is 0.255 e. The van der Waals surface area contributed by atoms with Gasteiger partial charge in [0, 0.05) is 0 Å². The number of ketones is 1. The Kier molecular flexibility index (Phi) is 5.43. The summed E-state index contributed by atoms with van der Waals surface area (Å²) in [6.07, 6.45) is 2.74. The number of amides is 2. The first-order valence-corrected chi connectivity index (χ1v) is 8.04. The van der Waals surface area contributed by atoms with Crippen LogP contribution < -0.4 is 10.6 Å². The van der Waals surface area contributed by atoms with Crippen molar-refractivity contribution >= 4 is 17.6 Å². The van der Waals surface area contributed by atoms with Gasteiger partial charge in [0.15, 0.2) is 5.78 Å². The van der Waals surface area contributed by atoms with Crippen LogP contribution in [0.4, 0.5) is 0 Å². The van der Waals surface area contributed by atoms with Crippen molar-refractivity contribution in [3.05, 3.63) is 24.2 Å². The highest BCUT2D eigenvalue weighted by Crippen LogP contribution is 2.22. The lowest BCUT2D eigenvalue weighted by atomic mass is 9.92. The highest BCUT2D eigenvalue weighted by Gasteiger charge is 2.47. The topological polar surface area (TPSA) is 97.6 Å². The fraction of sp³-hybridized carbons (Fsp3) is 0.588. The fourth-order valence-electron chi connectivity index (χ4n) is 2.60. The molecule has 2 heterocycles. The quantitative estimate of drug-likeness (QED) is 0.816. The molecule has 3 atom stereocenters. The van der Waals surface area contributed by atoms with Crippen molar-refractivity contribution in [2.24, 2.45) is 5.92 Å². The second-order valence-electron chi connectivity index (χ2n) is 6.74. The maximum absolute atomic E-state index is 12.7. The number of hydrogen-bond acceptors (Lipinski definition) is 5. The predicted octanol–water partition coefficient (Wildman–Crippen LogP) is 1.29. The summed E-state index contributed by atoms with van der Waals surface area (Å²) in [5.74, 6) is -0.774. The van der Waals surface area contributed by atoms with Gasteiger partial charge in [0.05, 0.1) is 17.9 Å². The molecule has 2 amide bonds. The Hall–Kier alpha value is -2.15. The van der Waals surface area contributed by atoms with Crippen molar-refractivity contribution < 1.29 is 23.5 Å². The minimum absolute atomic E-state index is 0.0197. The summed E-state index contributed by atoms with van der Waals surface area (Å²) < 4.78 is 10.2. The fourth-order valence-corrected chi connectivity index (χ4v) is 2.60. The molecule has 0 bridgehead atoms. The third-order valence-electron chi connectivity index (χ3n) is 4.35. The minimum atomic E-state index is -1.08. The first-order chi connectivity index (χ1) is 11.2. The van der Waals surface area contributed by atoms with Crippen molar-refractivity contribution in [1.82, 2.24) is 10.6 Å². The largest absolute Gasteiger partial charge is 0.472 e. The second kappa shape index (κ2) is 7.17. The van der Waals surface area contributed by atoms with Crippen LogP contribution >= 0.6 is 0 Å². The highest BCUT2D eigenvalue weighted by atomic mass is 16.5. The molecule has 2 N–H and O–H groups in total. The summed E-state index contributed by atoms with van der Waals surface area (Å²) in [6.45, 7) is 7.28. The van der Waals surface area contributed by atoms with E-state index in [1.165, 1.54) is 18.6 Å². The van der Waals surface area contributed by atoms with E-state index in [2.05, 4.69) is 10.6 Å². The number of rotatable bonds is 6. The van der Waals surface area contributed by atoms with E-state index >= 15 is 0 Å². The van der Waals surface area contributed by atoms with Gasteiger partial charge in [-0.2, -0.15) is 0 Å². The van der Waals surface area contributed by atoms with Crippen molar-refractivity contribution in [3.8, 4) is 0 Å². The molecule has 24 heavy (non-hydrogen) atoms. The van der Waals surface area contributed by atoms with Crippen LogP contribution in [0.25, 0.3) is 0 Å². The van der Waals surface area contributed by atoms with E-state index in [9.17, 15) is 14.4 Å². The van der Waals surface area contributed by atoms with Gasteiger partial charge in [0.1, 0.15) is 24.5 Å². The average molecular weight is 336 g/mol. The van der Waals surface area contributed by atoms with Gasteiger partial charge in [-0.15, -0.1) is 0 Å². The number of Topliss-reactive ketones (excluding diaryl/α,β-unsaturated/α-hetero) is 1. The molecule has 1 fully saturated rings. The Balaban J connectivity index is 2.10. The molecule has 1 saturated heterocycles. The zero-order valence-corrected chi connectivity index (χ0v) is 14.4. The molecule has 1 aliphatic rings. The first kappa shape index (κ1) is 18.2. The molecule has 0 spiro atoms. The number of carbonyl (C=O) groups excluding carboxylic acids is 3. The number of carbonyl (C=O) groups is 3. The summed E-state index contributed by atoms with van der Waals surface area (Å²) in [5, 5.41) is 5.47. The van der Waals surface area contributed by atoms with Crippen molar-refractivity contribution in [1.29, 1.82) is 0 Å². The van der Waals surface area contributed by atoms with E-state index in [-0.39, 0.29) is 18.3 Å². The molecule has 2 rings (SSSR count). The molecule has 0 saturated carbocycles. The number of nitrogens with one attached hydrogen (secondary N) is 2. The molecule has 1 aliphatic heterocycles. The molecule has 1 unspecified atom stereocenters. The molecular formula is C17H24N2O5. The Labute approximate surface area is 141 Å². The second-order valence-corrected chi connectivity index (χ2v) is 6.74. The van der Waals surface area contributed by atoms with Crippen molar-refractivity contribution in [2.75, 3.05) is 6.61 Å². The van der Waals surface area contributed by atoms with Crippen LogP contribution in [0, 0.1) is 5.92 Å². The molecule has 0 aromatic carbocycles. The van der Waals surface area contributed by atoms with Crippen LogP contribution in [0.1, 0.15) is 44.5 Å². The predicted molar refractivity (Wildman–Crippen MR) is 86.4 cm³/mol. The highest BCUT2D eigenvalue weighted by molar-refractivity contribution is 6.00. The summed E-state index contributed by atoms with van der Waals surface area (Å²) in [5.41, 5.74) is -0.733. The van der Waals surface area contributed by atoms with Gasteiger partial charge >= 0.3 is 0 Å². The first-order valence-electron chi connectivity index (χ1n) is 8.04. The Morgan fingerprint density at radius 1 is 1.42 bits per heavy atom. The van der Waals surface area contributed by atoms with Crippen LogP contribution in [0.2, 0.25) is 0 Å². The van der Waals surface area contributed by atoms with Gasteiger partial charge in [-0.25, -0.2) is 0 Å². The van der Waals surface area contributed by atoms with E-state index in [0.29, 0.717) is 12.0 Å². The van der Waals surface area contributed by atoms with Crippen LogP contribution in [-0.2, 0) is 14.3 Å². The van der Waals surface area contributed by atoms with E-state index in [1.807, 2.05) is 13.8 Å². The molecule has 1 aromatic heterocycles. The van der Waals surface area contributed by atoms with Gasteiger partial charge in [-0.3, -0.25) is 14.4 Å². The average Bonchev–Trinajstić information content (AvgIpc) is 3.11. The van der Waals surface area contributed by atoms with Crippen LogP contribution in [0.5, 0.6) is 0 Å². The van der Waals surface area contributed by atoms with Crippen molar-refractivity contribution in [2.45, 2.75) is 51.8 Å². The lowest BCUT2D eigenvalue weighted by molar-refractivity contribution is -0.130. The summed E-state index contributed by atoms with van der Waals surface area (Å²) >= 11 is 0. The Bertz CT molecular complexity index is 611. The molecule has 1 aromatic rings. The maximum atomic E-state index is 12.7. The zero-order chi connectivity index (χ0) is 17.9. The molecule has 0 aliphatic carbocycles. The molecule has 7 heteroatoms. The number of ether oxygens (including phenoxy) is 1. The van der Waals surface area contributed by atoms with E-state index in [0.717, 1.165) is 0 Å². The van der Waals surface area contributed by atoms with Gasteiger partial charge in [0.25, 0.3) is 5.91 Å². The molecule has 0 radical (unpaired) electrons. The normalized spacial score (nSPS) is 24.9. The summed E-state index contributed by atoms with van der Waals surface area (Å²) in [4.78, 5) is 36.9. The third-order valence-corrected chi connectivity index (χ3v) is 4.35. The van der Waals surface area contributed by atoms with Crippen LogP contribution in [-0.4, -0.2) is 41.9 Å². The van der Waals surface area contributed by atoms with Gasteiger partial charge < -0.3 is 19.8 Å². The SMILES string of the molecule is CC(C)CC(NC(=O)c1ccoc1)C(=O)N[C@@]1(C)C(=O)CO[C@@H]1C. The third kappa shape index (κ3) is 3.84. The van der Waals surface area contributed by atoms with E-state index in [4.69, 9.17) is 9.15 Å². The van der Waals surface area contributed by atoms with Gasteiger partial charge in [-0.05, 0) is 32.3 Å². The Morgan fingerprint density at radius 3 is 2.62 bits per heavy atom. The van der Waals surface area contributed by atoms with Gasteiger partial charge in [0.2, 0.25) is 5.91 Å². The van der Waals surface area contributed by atoms with E-state index < -0.39 is 29.5 Å². The Morgan fingerprint density at radius 2 is 2.12 bits per heavy atom.